The van der Waals surface area contributed by atoms with Gasteiger partial charge < -0.3 is 0 Å². The van der Waals surface area contributed by atoms with Crippen molar-refractivity contribution >= 4 is 11.7 Å². The van der Waals surface area contributed by atoms with Crippen molar-refractivity contribution in [3.8, 4) is 11.3 Å². The Bertz CT molecular complexity index is 1120. The second kappa shape index (κ2) is 9.43. The summed E-state index contributed by atoms with van der Waals surface area (Å²) in [5.41, 5.74) is 5.69. The molecule has 1 saturated heterocycles. The van der Waals surface area contributed by atoms with Gasteiger partial charge in [-0.1, -0.05) is 37.3 Å². The molecule has 33 heavy (non-hydrogen) atoms. The molecule has 1 N–H and O–H groups in total. The Kier molecular flexibility index (Phi) is 6.22. The monoisotopic (exact) mass is 444 g/mol. The van der Waals surface area contributed by atoms with Crippen molar-refractivity contribution in [2.75, 3.05) is 24.5 Å². The second-order valence-corrected chi connectivity index (χ2v) is 9.20. The Morgan fingerprint density at radius 3 is 2.64 bits per heavy atom. The number of aryl methyl sites for hydroxylation is 1. The number of fused-ring (bicyclic) bond motifs is 1. The van der Waals surface area contributed by atoms with Crippen molar-refractivity contribution in [2.45, 2.75) is 58.4 Å². The number of piperidine rings is 1. The van der Waals surface area contributed by atoms with Crippen LogP contribution in [0.5, 0.6) is 0 Å². The molecule has 0 bridgehead atoms. The van der Waals surface area contributed by atoms with Crippen LogP contribution in [-0.4, -0.2) is 50.6 Å². The number of amides is 1. The molecule has 0 spiro atoms. The van der Waals surface area contributed by atoms with Crippen molar-refractivity contribution in [1.29, 1.82) is 0 Å². The van der Waals surface area contributed by atoms with E-state index >= 15 is 0 Å². The van der Waals surface area contributed by atoms with E-state index in [-0.39, 0.29) is 5.91 Å². The van der Waals surface area contributed by atoms with Crippen molar-refractivity contribution in [3.63, 3.8) is 0 Å². The largest absolute Gasteiger partial charge is 0.299 e. The SMILES string of the molecule is CCCN1C(=O)CCc2c(C)nc(C3CCN(Cc4cn[nH]c4-c4ccccc4)CC3)nc21. The first-order chi connectivity index (χ1) is 16.1. The van der Waals surface area contributed by atoms with Gasteiger partial charge >= 0.3 is 0 Å². The number of likely N-dealkylation sites (tertiary alicyclic amines) is 1. The molecule has 2 aliphatic heterocycles. The molecule has 2 aliphatic rings. The molecule has 0 radical (unpaired) electrons. The average molecular weight is 445 g/mol. The van der Waals surface area contributed by atoms with E-state index in [1.807, 2.05) is 17.2 Å². The molecule has 7 nitrogen and oxygen atoms in total. The number of rotatable bonds is 6. The van der Waals surface area contributed by atoms with E-state index in [4.69, 9.17) is 9.97 Å². The van der Waals surface area contributed by atoms with Gasteiger partial charge in [-0.15, -0.1) is 0 Å². The predicted molar refractivity (Wildman–Crippen MR) is 129 cm³/mol. The first-order valence-corrected chi connectivity index (χ1v) is 12.1. The van der Waals surface area contributed by atoms with Crippen LogP contribution in [0.15, 0.2) is 36.5 Å². The molecule has 1 fully saturated rings. The molecule has 5 rings (SSSR count). The summed E-state index contributed by atoms with van der Waals surface area (Å²) in [5, 5.41) is 7.47. The number of hydrogen-bond acceptors (Lipinski definition) is 5. The number of carbonyl (C=O) groups is 1. The lowest BCUT2D eigenvalue weighted by Crippen LogP contribution is -2.38. The Labute approximate surface area is 195 Å². The van der Waals surface area contributed by atoms with Crippen molar-refractivity contribution in [2.24, 2.45) is 0 Å². The zero-order chi connectivity index (χ0) is 22.8. The summed E-state index contributed by atoms with van der Waals surface area (Å²) in [4.78, 5) is 26.8. The maximum absolute atomic E-state index is 12.5. The summed E-state index contributed by atoms with van der Waals surface area (Å²) in [6.07, 6.45) is 6.25. The van der Waals surface area contributed by atoms with E-state index in [1.165, 1.54) is 11.1 Å². The van der Waals surface area contributed by atoms with Crippen LogP contribution in [0.3, 0.4) is 0 Å². The third-order valence-corrected chi connectivity index (χ3v) is 6.93. The molecule has 1 amide bonds. The van der Waals surface area contributed by atoms with Gasteiger partial charge in [0, 0.05) is 42.2 Å². The first-order valence-electron chi connectivity index (χ1n) is 12.1. The zero-order valence-corrected chi connectivity index (χ0v) is 19.5. The zero-order valence-electron chi connectivity index (χ0n) is 19.5. The molecule has 1 aromatic carbocycles. The van der Waals surface area contributed by atoms with Gasteiger partial charge in [0.15, 0.2) is 0 Å². The van der Waals surface area contributed by atoms with Gasteiger partial charge in [0.2, 0.25) is 5.91 Å². The third-order valence-electron chi connectivity index (χ3n) is 6.93. The highest BCUT2D eigenvalue weighted by Gasteiger charge is 2.30. The van der Waals surface area contributed by atoms with Gasteiger partial charge in [-0.05, 0) is 51.3 Å². The smallest absolute Gasteiger partial charge is 0.228 e. The number of benzene rings is 1. The standard InChI is InChI=1S/C26H32N6O/c1-3-13-32-23(33)10-9-22-18(2)28-25(29-26(22)32)20-11-14-31(15-12-20)17-21-16-27-30-24(21)19-7-5-4-6-8-19/h4-8,16,20H,3,9-15,17H2,1-2H3,(H,27,30). The summed E-state index contributed by atoms with van der Waals surface area (Å²) < 4.78 is 0. The summed E-state index contributed by atoms with van der Waals surface area (Å²) >= 11 is 0. The van der Waals surface area contributed by atoms with Gasteiger partial charge in [-0.2, -0.15) is 5.10 Å². The molecular weight excluding hydrogens is 412 g/mol. The van der Waals surface area contributed by atoms with Gasteiger partial charge in [0.25, 0.3) is 0 Å². The highest BCUT2D eigenvalue weighted by molar-refractivity contribution is 5.95. The molecule has 0 unspecified atom stereocenters. The van der Waals surface area contributed by atoms with Crippen molar-refractivity contribution in [1.82, 2.24) is 25.1 Å². The molecule has 0 atom stereocenters. The maximum Gasteiger partial charge on any atom is 0.228 e. The normalized spacial score (nSPS) is 17.4. The van der Waals surface area contributed by atoms with Crippen LogP contribution in [0.4, 0.5) is 5.82 Å². The maximum atomic E-state index is 12.5. The van der Waals surface area contributed by atoms with E-state index < -0.39 is 0 Å². The second-order valence-electron chi connectivity index (χ2n) is 9.20. The molecule has 0 saturated carbocycles. The number of aromatic amines is 1. The van der Waals surface area contributed by atoms with Crippen LogP contribution in [0.25, 0.3) is 11.3 Å². The van der Waals surface area contributed by atoms with Crippen LogP contribution in [-0.2, 0) is 17.8 Å². The van der Waals surface area contributed by atoms with Crippen LogP contribution in [0.1, 0.15) is 61.2 Å². The summed E-state index contributed by atoms with van der Waals surface area (Å²) in [5.74, 6) is 2.31. The van der Waals surface area contributed by atoms with Crippen LogP contribution in [0.2, 0.25) is 0 Å². The average Bonchev–Trinajstić information content (AvgIpc) is 3.30. The number of H-pyrrole nitrogens is 1. The Hall–Kier alpha value is -3.06. The minimum atomic E-state index is 0.192. The fourth-order valence-corrected chi connectivity index (χ4v) is 5.12. The number of anilines is 1. The lowest BCUT2D eigenvalue weighted by molar-refractivity contribution is -0.119. The lowest BCUT2D eigenvalue weighted by Gasteiger charge is -2.33. The van der Waals surface area contributed by atoms with Gasteiger partial charge in [0.05, 0.1) is 11.9 Å². The third kappa shape index (κ3) is 4.42. The van der Waals surface area contributed by atoms with Gasteiger partial charge in [-0.3, -0.25) is 19.7 Å². The highest BCUT2D eigenvalue weighted by Crippen LogP contribution is 2.33. The first kappa shape index (κ1) is 21.8. The molecule has 2 aromatic heterocycles. The number of aromatic nitrogens is 4. The van der Waals surface area contributed by atoms with E-state index in [0.717, 1.165) is 80.5 Å². The van der Waals surface area contributed by atoms with Crippen molar-refractivity contribution < 1.29 is 4.79 Å². The van der Waals surface area contributed by atoms with Gasteiger partial charge in [0.1, 0.15) is 11.6 Å². The molecule has 7 heteroatoms. The molecule has 4 heterocycles. The quantitative estimate of drug-likeness (QED) is 0.615. The number of hydrogen-bond donors (Lipinski definition) is 1. The number of nitrogens with one attached hydrogen (secondary N) is 1. The minimum Gasteiger partial charge on any atom is -0.299 e. The number of nitrogens with zero attached hydrogens (tertiary/aromatic N) is 5. The number of carbonyl (C=O) groups excluding carboxylic acids is 1. The van der Waals surface area contributed by atoms with Crippen molar-refractivity contribution in [3.05, 3.63) is 59.2 Å². The van der Waals surface area contributed by atoms with E-state index in [9.17, 15) is 4.79 Å². The van der Waals surface area contributed by atoms with E-state index in [2.05, 4.69) is 53.2 Å². The summed E-state index contributed by atoms with van der Waals surface area (Å²) in [6, 6.07) is 10.4. The molecule has 172 valence electrons. The Balaban J connectivity index is 1.28. The van der Waals surface area contributed by atoms with Crippen LogP contribution in [0, 0.1) is 6.92 Å². The lowest BCUT2D eigenvalue weighted by atomic mass is 9.94. The summed E-state index contributed by atoms with van der Waals surface area (Å²) in [6.45, 7) is 7.80. The topological polar surface area (TPSA) is 78.0 Å². The predicted octanol–water partition coefficient (Wildman–Crippen LogP) is 4.24. The minimum absolute atomic E-state index is 0.192. The Morgan fingerprint density at radius 1 is 1.09 bits per heavy atom. The molecule has 0 aliphatic carbocycles. The fraction of sp³-hybridized carbons (Fsp3) is 0.462. The highest BCUT2D eigenvalue weighted by atomic mass is 16.2. The Morgan fingerprint density at radius 2 is 1.88 bits per heavy atom. The van der Waals surface area contributed by atoms with Gasteiger partial charge in [-0.25, -0.2) is 9.97 Å². The molecule has 3 aromatic rings. The fourth-order valence-electron chi connectivity index (χ4n) is 5.12. The van der Waals surface area contributed by atoms with Crippen LogP contribution < -0.4 is 4.90 Å². The summed E-state index contributed by atoms with van der Waals surface area (Å²) in [7, 11) is 0. The van der Waals surface area contributed by atoms with E-state index in [1.54, 1.807) is 0 Å². The van der Waals surface area contributed by atoms with Crippen LogP contribution >= 0.6 is 0 Å². The van der Waals surface area contributed by atoms with E-state index in [0.29, 0.717) is 12.3 Å². The molecular formula is C26H32N6O.